The van der Waals surface area contributed by atoms with Crippen molar-refractivity contribution >= 4 is 45.7 Å². The second kappa shape index (κ2) is 9.71. The number of ether oxygens (including phenoxy) is 2. The van der Waals surface area contributed by atoms with E-state index in [-0.39, 0.29) is 5.91 Å². The Morgan fingerprint density at radius 1 is 1.11 bits per heavy atom. The van der Waals surface area contributed by atoms with Crippen molar-refractivity contribution in [2.45, 2.75) is 6.92 Å². The number of carbonyl (C=O) groups excluding carboxylic acids is 1. The zero-order chi connectivity index (χ0) is 19.9. The number of amides is 1. The highest BCUT2D eigenvalue weighted by Gasteiger charge is 2.10. The van der Waals surface area contributed by atoms with E-state index in [4.69, 9.17) is 21.1 Å². The summed E-state index contributed by atoms with van der Waals surface area (Å²) >= 11 is 7.62. The van der Waals surface area contributed by atoms with Gasteiger partial charge in [-0.25, -0.2) is 0 Å². The van der Waals surface area contributed by atoms with Crippen LogP contribution in [-0.4, -0.2) is 31.1 Å². The number of hydrogen-bond donors (Lipinski definition) is 1. The predicted octanol–water partition coefficient (Wildman–Crippen LogP) is 5.56. The van der Waals surface area contributed by atoms with Crippen LogP contribution in [0.1, 0.15) is 5.56 Å². The number of halogens is 1. The van der Waals surface area contributed by atoms with Crippen LogP contribution >= 0.6 is 23.4 Å². The zero-order valence-electron chi connectivity index (χ0n) is 15.8. The first kappa shape index (κ1) is 20.4. The third kappa shape index (κ3) is 5.12. The molecule has 0 saturated carbocycles. The van der Waals surface area contributed by atoms with E-state index in [0.29, 0.717) is 34.6 Å². The van der Waals surface area contributed by atoms with Gasteiger partial charge < -0.3 is 14.8 Å². The molecule has 0 aliphatic heterocycles. The Hall–Kier alpha value is -2.37. The molecule has 0 fully saturated rings. The summed E-state index contributed by atoms with van der Waals surface area (Å²) in [5, 5.41) is 5.73. The third-order valence-electron chi connectivity index (χ3n) is 4.22. The molecule has 3 aromatic rings. The molecule has 3 rings (SSSR count). The van der Waals surface area contributed by atoms with Gasteiger partial charge in [0.25, 0.3) is 0 Å². The summed E-state index contributed by atoms with van der Waals surface area (Å²) in [6, 6.07) is 17.7. The first-order valence-corrected chi connectivity index (χ1v) is 10.4. The van der Waals surface area contributed by atoms with Crippen molar-refractivity contribution in [3.05, 3.63) is 65.2 Å². The van der Waals surface area contributed by atoms with E-state index >= 15 is 0 Å². The fourth-order valence-corrected chi connectivity index (χ4v) is 3.57. The average Bonchev–Trinajstić information content (AvgIpc) is 2.70. The molecule has 0 saturated heterocycles. The summed E-state index contributed by atoms with van der Waals surface area (Å²) in [6.45, 7) is 2.42. The number of thioether (sulfide) groups is 1. The van der Waals surface area contributed by atoms with E-state index < -0.39 is 0 Å². The Morgan fingerprint density at radius 3 is 2.71 bits per heavy atom. The number of anilines is 1. The van der Waals surface area contributed by atoms with Crippen LogP contribution in [-0.2, 0) is 4.79 Å². The maximum Gasteiger partial charge on any atom is 0.234 e. The van der Waals surface area contributed by atoms with Crippen molar-refractivity contribution in [1.29, 1.82) is 0 Å². The molecule has 0 bridgehead atoms. The van der Waals surface area contributed by atoms with Gasteiger partial charge in [-0.3, -0.25) is 4.79 Å². The molecule has 0 radical (unpaired) electrons. The Labute approximate surface area is 174 Å². The lowest BCUT2D eigenvalue weighted by Gasteiger charge is -2.12. The van der Waals surface area contributed by atoms with E-state index in [1.807, 2.05) is 43.3 Å². The van der Waals surface area contributed by atoms with Crippen LogP contribution in [0.2, 0.25) is 5.02 Å². The molecule has 3 aromatic carbocycles. The van der Waals surface area contributed by atoms with E-state index in [9.17, 15) is 4.79 Å². The highest BCUT2D eigenvalue weighted by atomic mass is 35.5. The molecule has 1 amide bonds. The Balaban J connectivity index is 1.47. The van der Waals surface area contributed by atoms with E-state index in [0.717, 1.165) is 22.1 Å². The van der Waals surface area contributed by atoms with Gasteiger partial charge in [-0.1, -0.05) is 48.0 Å². The molecule has 0 spiro atoms. The molecule has 0 atom stereocenters. The van der Waals surface area contributed by atoms with Gasteiger partial charge in [-0.2, -0.15) is 0 Å². The molecule has 0 aliphatic rings. The summed E-state index contributed by atoms with van der Waals surface area (Å²) in [4.78, 5) is 12.2. The van der Waals surface area contributed by atoms with Crippen LogP contribution in [0.3, 0.4) is 0 Å². The molecular formula is C22H22ClNO3S. The van der Waals surface area contributed by atoms with Crippen LogP contribution in [0.15, 0.2) is 54.6 Å². The maximum absolute atomic E-state index is 12.2. The number of benzene rings is 3. The molecule has 0 aliphatic carbocycles. The molecule has 0 unspecified atom stereocenters. The van der Waals surface area contributed by atoms with Crippen LogP contribution in [0, 0.1) is 6.92 Å². The van der Waals surface area contributed by atoms with Gasteiger partial charge in [0.05, 0.1) is 25.2 Å². The third-order valence-corrected chi connectivity index (χ3v) is 5.55. The molecule has 1 N–H and O–H groups in total. The maximum atomic E-state index is 12.2. The van der Waals surface area contributed by atoms with Crippen molar-refractivity contribution in [2.24, 2.45) is 0 Å². The lowest BCUT2D eigenvalue weighted by molar-refractivity contribution is -0.113. The summed E-state index contributed by atoms with van der Waals surface area (Å²) in [6.07, 6.45) is 0. The average molecular weight is 416 g/mol. The quantitative estimate of drug-likeness (QED) is 0.489. The van der Waals surface area contributed by atoms with Gasteiger partial charge >= 0.3 is 0 Å². The van der Waals surface area contributed by atoms with Crippen LogP contribution < -0.4 is 14.8 Å². The number of fused-ring (bicyclic) bond motifs is 1. The van der Waals surface area contributed by atoms with E-state index in [1.165, 1.54) is 11.8 Å². The smallest absolute Gasteiger partial charge is 0.234 e. The van der Waals surface area contributed by atoms with Crippen molar-refractivity contribution in [2.75, 3.05) is 30.5 Å². The van der Waals surface area contributed by atoms with Gasteiger partial charge in [-0.05, 0) is 30.0 Å². The minimum atomic E-state index is -0.0878. The lowest BCUT2D eigenvalue weighted by Crippen LogP contribution is -2.16. The van der Waals surface area contributed by atoms with E-state index in [2.05, 4.69) is 17.4 Å². The standard InChI is InChI=1S/C22H22ClNO3S/c1-15-12-19(21(26-2)13-18(15)23)24-22(25)14-28-11-10-27-20-9-5-7-16-6-3-4-8-17(16)20/h3-9,12-13H,10-11,14H2,1-2H3,(H,24,25). The SMILES string of the molecule is COc1cc(Cl)c(C)cc1NC(=O)CSCCOc1cccc2ccccc12. The highest BCUT2D eigenvalue weighted by molar-refractivity contribution is 7.99. The Kier molecular flexibility index (Phi) is 7.06. The van der Waals surface area contributed by atoms with E-state index in [1.54, 1.807) is 13.2 Å². The molecule has 146 valence electrons. The predicted molar refractivity (Wildman–Crippen MR) is 118 cm³/mol. The van der Waals surface area contributed by atoms with Gasteiger partial charge in [0.1, 0.15) is 11.5 Å². The van der Waals surface area contributed by atoms with Crippen molar-refractivity contribution in [3.63, 3.8) is 0 Å². The Bertz CT molecular complexity index is 972. The topological polar surface area (TPSA) is 47.6 Å². The minimum Gasteiger partial charge on any atom is -0.495 e. The number of hydrogen-bond acceptors (Lipinski definition) is 4. The second-order valence-electron chi connectivity index (χ2n) is 6.23. The van der Waals surface area contributed by atoms with Crippen molar-refractivity contribution in [1.82, 2.24) is 0 Å². The summed E-state index contributed by atoms with van der Waals surface area (Å²) in [5.41, 5.74) is 1.51. The largest absolute Gasteiger partial charge is 0.495 e. The molecule has 0 aromatic heterocycles. The first-order valence-electron chi connectivity index (χ1n) is 8.91. The number of nitrogens with one attached hydrogen (secondary N) is 1. The summed E-state index contributed by atoms with van der Waals surface area (Å²) in [7, 11) is 1.55. The molecule has 28 heavy (non-hydrogen) atoms. The normalized spacial score (nSPS) is 10.7. The lowest BCUT2D eigenvalue weighted by atomic mass is 10.1. The molecule has 4 nitrogen and oxygen atoms in total. The zero-order valence-corrected chi connectivity index (χ0v) is 17.4. The first-order chi connectivity index (χ1) is 13.6. The van der Waals surface area contributed by atoms with Gasteiger partial charge in [0, 0.05) is 22.2 Å². The number of carbonyl (C=O) groups is 1. The number of methoxy groups -OCH3 is 1. The molecule has 6 heteroatoms. The summed E-state index contributed by atoms with van der Waals surface area (Å²) in [5.74, 6) is 2.38. The highest BCUT2D eigenvalue weighted by Crippen LogP contribution is 2.31. The van der Waals surface area contributed by atoms with Gasteiger partial charge in [-0.15, -0.1) is 11.8 Å². The fourth-order valence-electron chi connectivity index (χ4n) is 2.81. The van der Waals surface area contributed by atoms with Crippen molar-refractivity contribution in [3.8, 4) is 11.5 Å². The summed E-state index contributed by atoms with van der Waals surface area (Å²) < 4.78 is 11.2. The van der Waals surface area contributed by atoms with Gasteiger partial charge in [0.15, 0.2) is 0 Å². The second-order valence-corrected chi connectivity index (χ2v) is 7.74. The number of rotatable bonds is 8. The minimum absolute atomic E-state index is 0.0878. The van der Waals surface area contributed by atoms with Crippen LogP contribution in [0.25, 0.3) is 10.8 Å². The molecule has 0 heterocycles. The number of aryl methyl sites for hydroxylation is 1. The van der Waals surface area contributed by atoms with Gasteiger partial charge in [0.2, 0.25) is 5.91 Å². The molecular weight excluding hydrogens is 394 g/mol. The monoisotopic (exact) mass is 415 g/mol. The van der Waals surface area contributed by atoms with Crippen molar-refractivity contribution < 1.29 is 14.3 Å². The van der Waals surface area contributed by atoms with Crippen LogP contribution in [0.4, 0.5) is 5.69 Å². The Morgan fingerprint density at radius 2 is 1.89 bits per heavy atom. The fraction of sp³-hybridized carbons (Fsp3) is 0.227. The van der Waals surface area contributed by atoms with Crippen LogP contribution in [0.5, 0.6) is 11.5 Å².